The lowest BCUT2D eigenvalue weighted by Gasteiger charge is -1.99. The summed E-state index contributed by atoms with van der Waals surface area (Å²) in [6.07, 6.45) is 1.13. The molecule has 0 saturated heterocycles. The van der Waals surface area contributed by atoms with E-state index < -0.39 is 0 Å². The second-order valence-corrected chi connectivity index (χ2v) is 2.80. The third-order valence-corrected chi connectivity index (χ3v) is 1.94. The highest BCUT2D eigenvalue weighted by atomic mass is 16.7. The molecule has 0 saturated carbocycles. The topological polar surface area (TPSA) is 52.6 Å². The van der Waals surface area contributed by atoms with Gasteiger partial charge in [0.2, 0.25) is 6.79 Å². The highest BCUT2D eigenvalue weighted by Crippen LogP contribution is 2.33. The molecule has 15 heavy (non-hydrogen) atoms. The van der Waals surface area contributed by atoms with Gasteiger partial charge in [-0.25, -0.2) is 0 Å². The van der Waals surface area contributed by atoms with Gasteiger partial charge in [-0.2, -0.15) is 0 Å². The van der Waals surface area contributed by atoms with Crippen LogP contribution in [0.25, 0.3) is 0 Å². The minimum absolute atomic E-state index is 0.137. The minimum atomic E-state index is 0.137. The van der Waals surface area contributed by atoms with Crippen LogP contribution in [-0.2, 0) is 4.79 Å². The van der Waals surface area contributed by atoms with Gasteiger partial charge in [-0.1, -0.05) is 5.92 Å². The van der Waals surface area contributed by atoms with Gasteiger partial charge in [0.05, 0.1) is 0 Å². The van der Waals surface area contributed by atoms with Crippen LogP contribution in [0, 0.1) is 11.8 Å². The fourth-order valence-corrected chi connectivity index (χ4v) is 1.27. The number of fused-ring (bicyclic) bond motifs is 1. The highest BCUT2D eigenvalue weighted by molar-refractivity contribution is 5.83. The van der Waals surface area contributed by atoms with Gasteiger partial charge in [0.25, 0.3) is 0 Å². The Morgan fingerprint density at radius 2 is 1.93 bits per heavy atom. The molecule has 1 aliphatic heterocycles. The first-order chi connectivity index (χ1) is 7.35. The first kappa shape index (κ1) is 9.28. The molecule has 1 aromatic rings. The molecule has 0 bridgehead atoms. The van der Waals surface area contributed by atoms with Crippen LogP contribution in [0.15, 0.2) is 12.1 Å². The molecule has 0 fully saturated rings. The lowest BCUT2D eigenvalue weighted by atomic mass is 10.1. The van der Waals surface area contributed by atoms with E-state index in [9.17, 15) is 9.59 Å². The Balaban J connectivity index is 2.53. The van der Waals surface area contributed by atoms with Crippen LogP contribution in [0.5, 0.6) is 11.5 Å². The Morgan fingerprint density at radius 1 is 1.20 bits per heavy atom. The summed E-state index contributed by atoms with van der Waals surface area (Å²) in [5.74, 6) is 5.86. The predicted molar refractivity (Wildman–Crippen MR) is 50.9 cm³/mol. The van der Waals surface area contributed by atoms with Crippen LogP contribution in [0.4, 0.5) is 0 Å². The number of carbonyl (C=O) groups is 2. The van der Waals surface area contributed by atoms with E-state index in [1.165, 1.54) is 0 Å². The van der Waals surface area contributed by atoms with Crippen molar-refractivity contribution in [3.8, 4) is 23.3 Å². The molecular formula is C11H6O4. The Morgan fingerprint density at radius 3 is 2.60 bits per heavy atom. The van der Waals surface area contributed by atoms with Crippen LogP contribution < -0.4 is 9.47 Å². The van der Waals surface area contributed by atoms with Crippen LogP contribution in [0.2, 0.25) is 0 Å². The molecule has 1 aromatic carbocycles. The molecule has 1 heterocycles. The second-order valence-electron chi connectivity index (χ2n) is 2.80. The number of rotatable bonds is 1. The molecular weight excluding hydrogens is 196 g/mol. The maximum atomic E-state index is 10.7. The Labute approximate surface area is 85.8 Å². The summed E-state index contributed by atoms with van der Waals surface area (Å²) in [7, 11) is 0. The zero-order valence-electron chi connectivity index (χ0n) is 7.65. The van der Waals surface area contributed by atoms with E-state index in [0.717, 1.165) is 0 Å². The third-order valence-electron chi connectivity index (χ3n) is 1.94. The fourth-order valence-electron chi connectivity index (χ4n) is 1.27. The first-order valence-corrected chi connectivity index (χ1v) is 4.19. The number of carbonyl (C=O) groups excluding carboxylic acids is 2. The molecule has 0 radical (unpaired) electrons. The number of benzene rings is 1. The van der Waals surface area contributed by atoms with Gasteiger partial charge in [-0.3, -0.25) is 9.59 Å². The third kappa shape index (κ3) is 1.67. The van der Waals surface area contributed by atoms with Crippen molar-refractivity contribution < 1.29 is 19.1 Å². The molecule has 4 nitrogen and oxygen atoms in total. The maximum absolute atomic E-state index is 10.7. The summed E-state index contributed by atoms with van der Waals surface area (Å²) in [5, 5.41) is 0. The van der Waals surface area contributed by atoms with E-state index in [2.05, 4.69) is 11.8 Å². The van der Waals surface area contributed by atoms with Crippen LogP contribution in [0.3, 0.4) is 0 Å². The SMILES string of the molecule is O=CC#Cc1cc2c(cc1C=O)OCO2. The van der Waals surface area contributed by atoms with E-state index in [-0.39, 0.29) is 6.79 Å². The van der Waals surface area contributed by atoms with Crippen molar-refractivity contribution in [2.45, 2.75) is 0 Å². The fraction of sp³-hybridized carbons (Fsp3) is 0.0909. The summed E-state index contributed by atoms with van der Waals surface area (Å²) < 4.78 is 10.2. The molecule has 0 aliphatic carbocycles. The normalized spacial score (nSPS) is 11.5. The molecule has 0 N–H and O–H groups in total. The Kier molecular flexibility index (Phi) is 2.38. The van der Waals surface area contributed by atoms with Crippen LogP contribution in [-0.4, -0.2) is 19.4 Å². The standard InChI is InChI=1S/C11H6O4/c12-3-1-2-8-4-10-11(15-7-14-10)5-9(8)6-13/h3-6H,7H2. The summed E-state index contributed by atoms with van der Waals surface area (Å²) in [6, 6.07) is 3.13. The molecule has 0 atom stereocenters. The number of ether oxygens (including phenoxy) is 2. The summed E-state index contributed by atoms with van der Waals surface area (Å²) in [4.78, 5) is 20.8. The van der Waals surface area contributed by atoms with Gasteiger partial charge in [-0.15, -0.1) is 0 Å². The monoisotopic (exact) mass is 202 g/mol. The van der Waals surface area contributed by atoms with Gasteiger partial charge in [0, 0.05) is 17.2 Å². The molecule has 1 aliphatic rings. The van der Waals surface area contributed by atoms with E-state index in [4.69, 9.17) is 9.47 Å². The summed E-state index contributed by atoms with van der Waals surface area (Å²) in [5.41, 5.74) is 0.843. The van der Waals surface area contributed by atoms with Crippen molar-refractivity contribution in [1.29, 1.82) is 0 Å². The van der Waals surface area contributed by atoms with Crippen molar-refractivity contribution in [3.63, 3.8) is 0 Å². The van der Waals surface area contributed by atoms with Gasteiger partial charge in [0.1, 0.15) is 0 Å². The van der Waals surface area contributed by atoms with Crippen molar-refractivity contribution in [2.75, 3.05) is 6.79 Å². The van der Waals surface area contributed by atoms with Crippen molar-refractivity contribution in [2.24, 2.45) is 0 Å². The van der Waals surface area contributed by atoms with Crippen molar-refractivity contribution in [1.82, 2.24) is 0 Å². The first-order valence-electron chi connectivity index (χ1n) is 4.19. The average Bonchev–Trinajstić information content (AvgIpc) is 2.71. The zero-order chi connectivity index (χ0) is 10.7. The average molecular weight is 202 g/mol. The van der Waals surface area contributed by atoms with Crippen LogP contribution in [0.1, 0.15) is 15.9 Å². The summed E-state index contributed by atoms with van der Waals surface area (Å²) >= 11 is 0. The quantitative estimate of drug-likeness (QED) is 0.498. The molecule has 0 spiro atoms. The number of hydrogen-bond acceptors (Lipinski definition) is 4. The number of hydrogen-bond donors (Lipinski definition) is 0. The van der Waals surface area contributed by atoms with Gasteiger partial charge in [-0.05, 0) is 12.0 Å². The largest absolute Gasteiger partial charge is 0.454 e. The van der Waals surface area contributed by atoms with Crippen LogP contribution >= 0.6 is 0 Å². The van der Waals surface area contributed by atoms with E-state index >= 15 is 0 Å². The van der Waals surface area contributed by atoms with Gasteiger partial charge in [0.15, 0.2) is 24.1 Å². The van der Waals surface area contributed by atoms with Gasteiger partial charge >= 0.3 is 0 Å². The Hall–Kier alpha value is -2.28. The lowest BCUT2D eigenvalue weighted by molar-refractivity contribution is -0.103. The molecule has 4 heteroatoms. The summed E-state index contributed by atoms with van der Waals surface area (Å²) in [6.45, 7) is 0.137. The van der Waals surface area contributed by atoms with Crippen molar-refractivity contribution >= 4 is 12.6 Å². The molecule has 74 valence electrons. The highest BCUT2D eigenvalue weighted by Gasteiger charge is 2.15. The van der Waals surface area contributed by atoms with Crippen molar-refractivity contribution in [3.05, 3.63) is 23.3 Å². The molecule has 0 unspecified atom stereocenters. The lowest BCUT2D eigenvalue weighted by Crippen LogP contribution is -1.92. The number of aldehydes is 2. The minimum Gasteiger partial charge on any atom is -0.454 e. The maximum Gasteiger partial charge on any atom is 0.231 e. The van der Waals surface area contributed by atoms with E-state index in [1.54, 1.807) is 12.1 Å². The predicted octanol–water partition coefficient (Wildman–Crippen LogP) is 0.778. The Bertz CT molecular complexity index is 479. The van der Waals surface area contributed by atoms with E-state index in [1.807, 2.05) is 0 Å². The molecule has 0 amide bonds. The molecule has 2 rings (SSSR count). The zero-order valence-corrected chi connectivity index (χ0v) is 7.65. The van der Waals surface area contributed by atoms with E-state index in [0.29, 0.717) is 35.2 Å². The second kappa shape index (κ2) is 3.84. The smallest absolute Gasteiger partial charge is 0.231 e. The molecule has 0 aromatic heterocycles. The van der Waals surface area contributed by atoms with Gasteiger partial charge < -0.3 is 9.47 Å².